The van der Waals surface area contributed by atoms with E-state index in [9.17, 15) is 0 Å². The number of piperidine rings is 1. The van der Waals surface area contributed by atoms with Gasteiger partial charge in [-0.3, -0.25) is 0 Å². The third-order valence-corrected chi connectivity index (χ3v) is 3.39. The number of hydrogen-bond acceptors (Lipinski definition) is 2. The number of nitrogens with zero attached hydrogens (tertiary/aromatic N) is 1. The molecule has 0 aliphatic carbocycles. The standard InChI is InChI=1S/C10H12BrClN2/c11-10-8(5-7(12)6-14-10)9-3-1-2-4-13-9/h5-6,9,13H,1-4H2. The molecule has 1 fully saturated rings. The van der Waals surface area contributed by atoms with Crippen LogP contribution in [-0.4, -0.2) is 11.5 Å². The lowest BCUT2D eigenvalue weighted by atomic mass is 9.99. The van der Waals surface area contributed by atoms with E-state index >= 15 is 0 Å². The summed E-state index contributed by atoms with van der Waals surface area (Å²) in [7, 11) is 0. The summed E-state index contributed by atoms with van der Waals surface area (Å²) in [4.78, 5) is 4.20. The van der Waals surface area contributed by atoms with E-state index in [0.29, 0.717) is 11.1 Å². The normalized spacial score (nSPS) is 22.3. The van der Waals surface area contributed by atoms with Crippen molar-refractivity contribution in [3.8, 4) is 0 Å². The average Bonchev–Trinajstić information content (AvgIpc) is 2.23. The molecule has 0 aromatic carbocycles. The summed E-state index contributed by atoms with van der Waals surface area (Å²) in [6.45, 7) is 1.09. The van der Waals surface area contributed by atoms with Crippen molar-refractivity contribution < 1.29 is 0 Å². The topological polar surface area (TPSA) is 24.9 Å². The summed E-state index contributed by atoms with van der Waals surface area (Å²) in [6.07, 6.45) is 5.37. The third-order valence-electron chi connectivity index (χ3n) is 2.52. The molecule has 0 bridgehead atoms. The van der Waals surface area contributed by atoms with Crippen LogP contribution < -0.4 is 5.32 Å². The summed E-state index contributed by atoms with van der Waals surface area (Å²) in [5.74, 6) is 0. The Morgan fingerprint density at radius 3 is 3.07 bits per heavy atom. The molecule has 14 heavy (non-hydrogen) atoms. The Labute approximate surface area is 97.2 Å². The van der Waals surface area contributed by atoms with E-state index in [1.807, 2.05) is 6.07 Å². The molecule has 1 N–H and O–H groups in total. The Hall–Kier alpha value is -0.120. The maximum absolute atomic E-state index is 5.92. The van der Waals surface area contributed by atoms with Gasteiger partial charge >= 0.3 is 0 Å². The highest BCUT2D eigenvalue weighted by Gasteiger charge is 2.17. The molecule has 2 nitrogen and oxygen atoms in total. The number of hydrogen-bond donors (Lipinski definition) is 1. The van der Waals surface area contributed by atoms with Gasteiger partial charge in [-0.2, -0.15) is 0 Å². The summed E-state index contributed by atoms with van der Waals surface area (Å²) >= 11 is 9.38. The number of halogens is 2. The van der Waals surface area contributed by atoms with Crippen LogP contribution >= 0.6 is 27.5 Å². The minimum atomic E-state index is 0.407. The summed E-state index contributed by atoms with van der Waals surface area (Å²) in [6, 6.07) is 2.39. The largest absolute Gasteiger partial charge is 0.310 e. The zero-order valence-electron chi connectivity index (χ0n) is 7.76. The molecule has 0 amide bonds. The third kappa shape index (κ3) is 2.27. The quantitative estimate of drug-likeness (QED) is 0.796. The summed E-state index contributed by atoms with van der Waals surface area (Å²) in [5.41, 5.74) is 1.18. The van der Waals surface area contributed by atoms with Crippen molar-refractivity contribution in [3.05, 3.63) is 27.5 Å². The van der Waals surface area contributed by atoms with Gasteiger partial charge in [-0.25, -0.2) is 4.98 Å². The highest BCUT2D eigenvalue weighted by Crippen LogP contribution is 2.29. The van der Waals surface area contributed by atoms with Crippen molar-refractivity contribution in [2.24, 2.45) is 0 Å². The Kier molecular flexibility index (Phi) is 3.42. The van der Waals surface area contributed by atoms with E-state index in [4.69, 9.17) is 11.6 Å². The smallest absolute Gasteiger partial charge is 0.110 e. The second kappa shape index (κ2) is 4.60. The fraction of sp³-hybridized carbons (Fsp3) is 0.500. The molecule has 0 saturated carbocycles. The zero-order valence-corrected chi connectivity index (χ0v) is 10.1. The minimum absolute atomic E-state index is 0.407. The molecule has 0 spiro atoms. The zero-order chi connectivity index (χ0) is 9.97. The first-order chi connectivity index (χ1) is 6.77. The molecule has 1 unspecified atom stereocenters. The highest BCUT2D eigenvalue weighted by atomic mass is 79.9. The van der Waals surface area contributed by atoms with E-state index in [2.05, 4.69) is 26.2 Å². The monoisotopic (exact) mass is 274 g/mol. The number of pyridine rings is 1. The molecule has 0 radical (unpaired) electrons. The molecule has 4 heteroatoms. The lowest BCUT2D eigenvalue weighted by molar-refractivity contribution is 0.410. The maximum atomic E-state index is 5.92. The van der Waals surface area contributed by atoms with Gasteiger partial charge in [0.15, 0.2) is 0 Å². The van der Waals surface area contributed by atoms with Gasteiger partial charge in [-0.05, 0) is 41.4 Å². The molecule has 1 aliphatic rings. The minimum Gasteiger partial charge on any atom is -0.310 e. The van der Waals surface area contributed by atoms with Crippen LogP contribution in [0.5, 0.6) is 0 Å². The van der Waals surface area contributed by atoms with Gasteiger partial charge in [0.1, 0.15) is 4.60 Å². The van der Waals surface area contributed by atoms with Gasteiger partial charge in [0, 0.05) is 17.8 Å². The Balaban J connectivity index is 2.24. The van der Waals surface area contributed by atoms with Crippen molar-refractivity contribution in [1.82, 2.24) is 10.3 Å². The van der Waals surface area contributed by atoms with Crippen molar-refractivity contribution in [3.63, 3.8) is 0 Å². The molecule has 1 aromatic rings. The summed E-state index contributed by atoms with van der Waals surface area (Å²) < 4.78 is 0.904. The fourth-order valence-electron chi connectivity index (χ4n) is 1.80. The van der Waals surface area contributed by atoms with Crippen LogP contribution in [0, 0.1) is 0 Å². The van der Waals surface area contributed by atoms with Gasteiger partial charge in [-0.1, -0.05) is 18.0 Å². The lowest BCUT2D eigenvalue weighted by Gasteiger charge is -2.24. The van der Waals surface area contributed by atoms with E-state index in [0.717, 1.165) is 11.1 Å². The van der Waals surface area contributed by atoms with Crippen LogP contribution in [0.15, 0.2) is 16.9 Å². The number of nitrogens with one attached hydrogen (secondary N) is 1. The van der Waals surface area contributed by atoms with Gasteiger partial charge in [0.05, 0.1) is 5.02 Å². The first-order valence-corrected chi connectivity index (χ1v) is 5.99. The van der Waals surface area contributed by atoms with Crippen LogP contribution in [0.2, 0.25) is 5.02 Å². The molecule has 1 atom stereocenters. The van der Waals surface area contributed by atoms with Crippen LogP contribution in [0.4, 0.5) is 0 Å². The predicted octanol–water partition coefficient (Wildman–Crippen LogP) is 3.31. The molecule has 2 rings (SSSR count). The number of aromatic nitrogens is 1. The van der Waals surface area contributed by atoms with Crippen molar-refractivity contribution in [2.75, 3.05) is 6.54 Å². The van der Waals surface area contributed by atoms with Gasteiger partial charge in [0.2, 0.25) is 0 Å². The predicted molar refractivity (Wildman–Crippen MR) is 61.5 cm³/mol. The van der Waals surface area contributed by atoms with Gasteiger partial charge in [0.25, 0.3) is 0 Å². The van der Waals surface area contributed by atoms with Crippen molar-refractivity contribution in [2.45, 2.75) is 25.3 Å². The van der Waals surface area contributed by atoms with Crippen LogP contribution in [0.1, 0.15) is 30.9 Å². The molecule has 1 aromatic heterocycles. The molecule has 1 saturated heterocycles. The Morgan fingerprint density at radius 1 is 1.50 bits per heavy atom. The molecule has 2 heterocycles. The van der Waals surface area contributed by atoms with E-state index in [1.54, 1.807) is 6.20 Å². The molecular formula is C10H12BrClN2. The summed E-state index contributed by atoms with van der Waals surface area (Å²) in [5, 5.41) is 4.18. The van der Waals surface area contributed by atoms with Crippen LogP contribution in [0.3, 0.4) is 0 Å². The SMILES string of the molecule is Clc1cnc(Br)c(C2CCCCN2)c1. The van der Waals surface area contributed by atoms with Crippen molar-refractivity contribution >= 4 is 27.5 Å². The number of rotatable bonds is 1. The first kappa shape index (κ1) is 10.4. The molecule has 1 aliphatic heterocycles. The van der Waals surface area contributed by atoms with Crippen molar-refractivity contribution in [1.29, 1.82) is 0 Å². The Bertz CT molecular complexity index is 324. The fourth-order valence-corrected chi connectivity index (χ4v) is 2.46. The van der Waals surface area contributed by atoms with Gasteiger partial charge < -0.3 is 5.32 Å². The highest BCUT2D eigenvalue weighted by molar-refractivity contribution is 9.10. The van der Waals surface area contributed by atoms with Gasteiger partial charge in [-0.15, -0.1) is 0 Å². The Morgan fingerprint density at radius 2 is 2.36 bits per heavy atom. The second-order valence-electron chi connectivity index (χ2n) is 3.54. The van der Waals surface area contributed by atoms with Crippen LogP contribution in [0.25, 0.3) is 0 Å². The molecule has 76 valence electrons. The molecular weight excluding hydrogens is 263 g/mol. The second-order valence-corrected chi connectivity index (χ2v) is 4.72. The van der Waals surface area contributed by atoms with Crippen LogP contribution in [-0.2, 0) is 0 Å². The average molecular weight is 276 g/mol. The van der Waals surface area contributed by atoms with E-state index in [1.165, 1.54) is 24.8 Å². The lowest BCUT2D eigenvalue weighted by Crippen LogP contribution is -2.27. The van der Waals surface area contributed by atoms with E-state index in [-0.39, 0.29) is 0 Å². The van der Waals surface area contributed by atoms with E-state index < -0.39 is 0 Å². The maximum Gasteiger partial charge on any atom is 0.110 e. The first-order valence-electron chi connectivity index (χ1n) is 4.81.